The molecule has 0 aliphatic heterocycles. The normalized spacial score (nSPS) is 10.5. The number of rotatable bonds is 9. The Labute approximate surface area is 160 Å². The first-order chi connectivity index (χ1) is 13.0. The zero-order valence-electron chi connectivity index (χ0n) is 16.2. The fourth-order valence-corrected chi connectivity index (χ4v) is 2.32. The van der Waals surface area contributed by atoms with Gasteiger partial charge in [-0.05, 0) is 54.3 Å². The van der Waals surface area contributed by atoms with E-state index in [-0.39, 0.29) is 18.3 Å². The van der Waals surface area contributed by atoms with Crippen molar-refractivity contribution in [3.8, 4) is 5.75 Å². The molecule has 2 rings (SSSR count). The summed E-state index contributed by atoms with van der Waals surface area (Å²) in [7, 11) is 0. The van der Waals surface area contributed by atoms with Gasteiger partial charge < -0.3 is 14.8 Å². The highest BCUT2D eigenvalue weighted by atomic mass is 16.5. The lowest BCUT2D eigenvalue weighted by molar-refractivity contribution is -0.116. The topological polar surface area (TPSA) is 64.6 Å². The van der Waals surface area contributed by atoms with Crippen molar-refractivity contribution in [2.45, 2.75) is 33.6 Å². The van der Waals surface area contributed by atoms with Crippen LogP contribution in [0.4, 0.5) is 5.69 Å². The summed E-state index contributed by atoms with van der Waals surface area (Å²) < 4.78 is 10.8. The summed E-state index contributed by atoms with van der Waals surface area (Å²) in [6.07, 6.45) is 1.23. The van der Waals surface area contributed by atoms with Crippen LogP contribution in [0.25, 0.3) is 0 Å². The van der Waals surface area contributed by atoms with Gasteiger partial charge in [0.15, 0.2) is 0 Å². The molecule has 0 saturated heterocycles. The number of nitrogens with one attached hydrogen (secondary N) is 1. The molecule has 0 aliphatic rings. The molecule has 5 nitrogen and oxygen atoms in total. The monoisotopic (exact) mass is 369 g/mol. The van der Waals surface area contributed by atoms with Crippen LogP contribution in [-0.4, -0.2) is 25.1 Å². The second kappa shape index (κ2) is 10.4. The van der Waals surface area contributed by atoms with Crippen LogP contribution in [0.15, 0.2) is 48.5 Å². The Bertz CT molecular complexity index is 736. The molecule has 1 N–H and O–H groups in total. The smallest absolute Gasteiger partial charge is 0.338 e. The molecule has 1 amide bonds. The molecule has 2 aromatic carbocycles. The first-order valence-corrected chi connectivity index (χ1v) is 9.26. The van der Waals surface area contributed by atoms with E-state index in [0.29, 0.717) is 30.4 Å². The van der Waals surface area contributed by atoms with Gasteiger partial charge in [0, 0.05) is 5.69 Å². The van der Waals surface area contributed by atoms with Crippen molar-refractivity contribution in [1.82, 2.24) is 0 Å². The van der Waals surface area contributed by atoms with Gasteiger partial charge >= 0.3 is 5.97 Å². The van der Waals surface area contributed by atoms with Crippen LogP contribution in [-0.2, 0) is 16.0 Å². The Kier molecular flexibility index (Phi) is 7.86. The summed E-state index contributed by atoms with van der Waals surface area (Å²) in [5.74, 6) is 0.544. The molecule has 0 fully saturated rings. The number of benzene rings is 2. The minimum absolute atomic E-state index is 0.143. The molecule has 0 atom stereocenters. The number of carbonyl (C=O) groups excluding carboxylic acids is 2. The Morgan fingerprint density at radius 2 is 1.67 bits per heavy atom. The molecule has 0 heterocycles. The number of amides is 1. The van der Waals surface area contributed by atoms with Crippen molar-refractivity contribution in [2.24, 2.45) is 5.92 Å². The minimum atomic E-state index is -0.357. The van der Waals surface area contributed by atoms with Crippen LogP contribution in [0.2, 0.25) is 0 Å². The standard InChI is InChI=1S/C22H27NO4/c1-4-17-5-11-20(12-6-17)26-14-13-21(24)23-19-9-7-18(8-10-19)22(25)27-15-16(2)3/h5-12,16H,4,13-15H2,1-3H3,(H,23,24). The summed E-state index contributed by atoms with van der Waals surface area (Å²) in [5, 5.41) is 2.79. The lowest BCUT2D eigenvalue weighted by atomic mass is 10.2. The van der Waals surface area contributed by atoms with Gasteiger partial charge in [-0.1, -0.05) is 32.9 Å². The maximum atomic E-state index is 12.0. The number of hydrogen-bond donors (Lipinski definition) is 1. The van der Waals surface area contributed by atoms with Crippen LogP contribution < -0.4 is 10.1 Å². The molecule has 0 saturated carbocycles. The maximum Gasteiger partial charge on any atom is 0.338 e. The third-order valence-electron chi connectivity index (χ3n) is 3.88. The van der Waals surface area contributed by atoms with E-state index in [4.69, 9.17) is 9.47 Å². The van der Waals surface area contributed by atoms with Crippen molar-refractivity contribution in [3.63, 3.8) is 0 Å². The van der Waals surface area contributed by atoms with Gasteiger partial charge in [-0.3, -0.25) is 4.79 Å². The zero-order valence-corrected chi connectivity index (χ0v) is 16.2. The highest BCUT2D eigenvalue weighted by Gasteiger charge is 2.09. The lowest BCUT2D eigenvalue weighted by Crippen LogP contribution is -2.15. The van der Waals surface area contributed by atoms with Crippen LogP contribution in [0, 0.1) is 5.92 Å². The van der Waals surface area contributed by atoms with E-state index in [1.165, 1.54) is 5.56 Å². The van der Waals surface area contributed by atoms with Crippen molar-refractivity contribution >= 4 is 17.6 Å². The van der Waals surface area contributed by atoms with E-state index < -0.39 is 0 Å². The van der Waals surface area contributed by atoms with E-state index in [2.05, 4.69) is 12.2 Å². The lowest BCUT2D eigenvalue weighted by Gasteiger charge is -2.09. The molecule has 0 bridgehead atoms. The van der Waals surface area contributed by atoms with Crippen LogP contribution in [0.3, 0.4) is 0 Å². The number of hydrogen-bond acceptors (Lipinski definition) is 4. The van der Waals surface area contributed by atoms with E-state index in [0.717, 1.165) is 12.2 Å². The van der Waals surface area contributed by atoms with Gasteiger partial charge in [0.2, 0.25) is 5.91 Å². The average molecular weight is 369 g/mol. The molecule has 0 aromatic heterocycles. The molecule has 5 heteroatoms. The first kappa shape index (κ1) is 20.5. The molecule has 2 aromatic rings. The summed E-state index contributed by atoms with van der Waals surface area (Å²) in [5.41, 5.74) is 2.34. The van der Waals surface area contributed by atoms with Crippen LogP contribution in [0.1, 0.15) is 43.1 Å². The molecular weight excluding hydrogens is 342 g/mol. The second-order valence-corrected chi connectivity index (χ2v) is 6.71. The largest absolute Gasteiger partial charge is 0.493 e. The Hall–Kier alpha value is -2.82. The number of esters is 1. The van der Waals surface area contributed by atoms with Crippen molar-refractivity contribution in [1.29, 1.82) is 0 Å². The van der Waals surface area contributed by atoms with Crippen molar-refractivity contribution in [2.75, 3.05) is 18.5 Å². The van der Waals surface area contributed by atoms with Crippen LogP contribution >= 0.6 is 0 Å². The maximum absolute atomic E-state index is 12.0. The number of carbonyl (C=O) groups is 2. The quantitative estimate of drug-likeness (QED) is 0.663. The fraction of sp³-hybridized carbons (Fsp3) is 0.364. The van der Waals surface area contributed by atoms with Gasteiger partial charge in [-0.2, -0.15) is 0 Å². The van der Waals surface area contributed by atoms with E-state index in [1.54, 1.807) is 24.3 Å². The molecule has 0 unspecified atom stereocenters. The summed E-state index contributed by atoms with van der Waals surface area (Å²) >= 11 is 0. The highest BCUT2D eigenvalue weighted by Crippen LogP contribution is 2.14. The van der Waals surface area contributed by atoms with Gasteiger partial charge in [-0.25, -0.2) is 4.79 Å². The summed E-state index contributed by atoms with van der Waals surface area (Å²) in [6, 6.07) is 14.5. The van der Waals surface area contributed by atoms with E-state index in [9.17, 15) is 9.59 Å². The van der Waals surface area contributed by atoms with Gasteiger partial charge in [0.05, 0.1) is 25.2 Å². The number of ether oxygens (including phenoxy) is 2. The van der Waals surface area contributed by atoms with Gasteiger partial charge in [-0.15, -0.1) is 0 Å². The van der Waals surface area contributed by atoms with Crippen molar-refractivity contribution < 1.29 is 19.1 Å². The van der Waals surface area contributed by atoms with Crippen LogP contribution in [0.5, 0.6) is 5.75 Å². The summed E-state index contributed by atoms with van der Waals surface area (Å²) in [6.45, 7) is 6.75. The third-order valence-corrected chi connectivity index (χ3v) is 3.88. The third kappa shape index (κ3) is 7.13. The van der Waals surface area contributed by atoms with Crippen molar-refractivity contribution in [3.05, 3.63) is 59.7 Å². The SMILES string of the molecule is CCc1ccc(OCCC(=O)Nc2ccc(C(=O)OCC(C)C)cc2)cc1. The predicted molar refractivity (Wildman–Crippen MR) is 106 cm³/mol. The first-order valence-electron chi connectivity index (χ1n) is 9.26. The molecule has 0 radical (unpaired) electrons. The Balaban J connectivity index is 1.75. The van der Waals surface area contributed by atoms with E-state index in [1.807, 2.05) is 38.1 Å². The molecule has 27 heavy (non-hydrogen) atoms. The molecule has 0 aliphatic carbocycles. The number of aryl methyl sites for hydroxylation is 1. The Morgan fingerprint density at radius 3 is 2.26 bits per heavy atom. The average Bonchev–Trinajstić information content (AvgIpc) is 2.67. The highest BCUT2D eigenvalue weighted by molar-refractivity contribution is 5.93. The Morgan fingerprint density at radius 1 is 1.00 bits per heavy atom. The minimum Gasteiger partial charge on any atom is -0.493 e. The molecular formula is C22H27NO4. The fourth-order valence-electron chi connectivity index (χ4n) is 2.32. The molecule has 144 valence electrons. The second-order valence-electron chi connectivity index (χ2n) is 6.71. The summed E-state index contributed by atoms with van der Waals surface area (Å²) in [4.78, 5) is 23.9. The molecule has 0 spiro atoms. The number of anilines is 1. The van der Waals surface area contributed by atoms with E-state index >= 15 is 0 Å². The zero-order chi connectivity index (χ0) is 19.6. The van der Waals surface area contributed by atoms with Gasteiger partial charge in [0.25, 0.3) is 0 Å². The van der Waals surface area contributed by atoms with Gasteiger partial charge in [0.1, 0.15) is 5.75 Å². The predicted octanol–water partition coefficient (Wildman–Crippen LogP) is 4.47.